The number of nitrogens with one attached hydrogen (secondary N) is 1. The summed E-state index contributed by atoms with van der Waals surface area (Å²) in [4.78, 5) is 24.6. The standard InChI is InChI=1S/C10H19N3O3/c1-10(2,12-3)9(16)13-5-6(14)4-7(13)8(11)15/h6-7,12,14H,4-5H2,1-3H3,(H2,11,15). The van der Waals surface area contributed by atoms with Crippen LogP contribution >= 0.6 is 0 Å². The molecule has 1 rings (SSSR count). The minimum atomic E-state index is -0.766. The zero-order valence-corrected chi connectivity index (χ0v) is 9.86. The van der Waals surface area contributed by atoms with E-state index >= 15 is 0 Å². The number of aliphatic hydroxyl groups excluding tert-OH is 1. The molecule has 2 unspecified atom stereocenters. The van der Waals surface area contributed by atoms with Crippen LogP contribution in [-0.4, -0.2) is 53.1 Å². The van der Waals surface area contributed by atoms with E-state index in [-0.39, 0.29) is 18.9 Å². The van der Waals surface area contributed by atoms with Crippen LogP contribution in [0.2, 0.25) is 0 Å². The summed E-state index contributed by atoms with van der Waals surface area (Å²) < 4.78 is 0. The molecule has 1 saturated heterocycles. The van der Waals surface area contributed by atoms with Crippen molar-refractivity contribution in [3.63, 3.8) is 0 Å². The zero-order valence-electron chi connectivity index (χ0n) is 9.86. The molecule has 0 saturated carbocycles. The van der Waals surface area contributed by atoms with Crippen molar-refractivity contribution in [2.75, 3.05) is 13.6 Å². The van der Waals surface area contributed by atoms with E-state index in [1.807, 2.05) is 0 Å². The smallest absolute Gasteiger partial charge is 0.243 e. The molecule has 1 aliphatic heterocycles. The number of β-amino-alcohol motifs (C(OH)–C–C–N with tert-alkyl or cyclic N) is 1. The van der Waals surface area contributed by atoms with Gasteiger partial charge in [-0.2, -0.15) is 0 Å². The van der Waals surface area contributed by atoms with E-state index in [2.05, 4.69) is 5.32 Å². The van der Waals surface area contributed by atoms with Gasteiger partial charge in [-0.25, -0.2) is 0 Å². The summed E-state index contributed by atoms with van der Waals surface area (Å²) in [5.74, 6) is -0.799. The van der Waals surface area contributed by atoms with E-state index in [4.69, 9.17) is 5.73 Å². The second-order valence-electron chi connectivity index (χ2n) is 4.64. The van der Waals surface area contributed by atoms with Crippen LogP contribution in [0.15, 0.2) is 0 Å². The molecule has 0 spiro atoms. The monoisotopic (exact) mass is 229 g/mol. The first-order valence-electron chi connectivity index (χ1n) is 5.27. The van der Waals surface area contributed by atoms with Crippen molar-refractivity contribution < 1.29 is 14.7 Å². The second-order valence-corrected chi connectivity index (χ2v) is 4.64. The van der Waals surface area contributed by atoms with Gasteiger partial charge in [0, 0.05) is 13.0 Å². The van der Waals surface area contributed by atoms with Crippen LogP contribution in [0.4, 0.5) is 0 Å². The molecule has 4 N–H and O–H groups in total. The first-order valence-corrected chi connectivity index (χ1v) is 5.27. The van der Waals surface area contributed by atoms with Crippen LogP contribution in [0.25, 0.3) is 0 Å². The number of likely N-dealkylation sites (tertiary alicyclic amines) is 1. The highest BCUT2D eigenvalue weighted by atomic mass is 16.3. The summed E-state index contributed by atoms with van der Waals surface area (Å²) in [6, 6.07) is -0.699. The quantitative estimate of drug-likeness (QED) is 0.545. The van der Waals surface area contributed by atoms with E-state index < -0.39 is 23.6 Å². The van der Waals surface area contributed by atoms with Crippen molar-refractivity contribution in [2.45, 2.75) is 38.0 Å². The van der Waals surface area contributed by atoms with Crippen LogP contribution in [0.5, 0.6) is 0 Å². The number of likely N-dealkylation sites (N-methyl/N-ethyl adjacent to an activating group) is 1. The van der Waals surface area contributed by atoms with Crippen molar-refractivity contribution >= 4 is 11.8 Å². The predicted octanol–water partition coefficient (Wildman–Crippen LogP) is -1.57. The molecule has 6 nitrogen and oxygen atoms in total. The van der Waals surface area contributed by atoms with Gasteiger partial charge in [-0.1, -0.05) is 0 Å². The molecule has 0 bridgehead atoms. The number of carbonyl (C=O) groups is 2. The Kier molecular flexibility index (Phi) is 3.54. The van der Waals surface area contributed by atoms with Crippen LogP contribution in [0.3, 0.4) is 0 Å². The van der Waals surface area contributed by atoms with Crippen molar-refractivity contribution in [3.05, 3.63) is 0 Å². The molecule has 6 heteroatoms. The van der Waals surface area contributed by atoms with Gasteiger partial charge in [-0.3, -0.25) is 9.59 Å². The van der Waals surface area contributed by atoms with Gasteiger partial charge in [0.05, 0.1) is 11.6 Å². The third-order valence-corrected chi connectivity index (χ3v) is 3.03. The second kappa shape index (κ2) is 4.39. The summed E-state index contributed by atoms with van der Waals surface area (Å²) >= 11 is 0. The summed E-state index contributed by atoms with van der Waals surface area (Å²) in [5, 5.41) is 12.4. The molecule has 2 atom stereocenters. The highest BCUT2D eigenvalue weighted by Gasteiger charge is 2.42. The number of carbonyl (C=O) groups excluding carboxylic acids is 2. The molecule has 1 aliphatic rings. The minimum Gasteiger partial charge on any atom is -0.391 e. The average molecular weight is 229 g/mol. The Morgan fingerprint density at radius 2 is 2.06 bits per heavy atom. The number of amides is 2. The minimum absolute atomic E-state index is 0.164. The number of primary amides is 1. The molecule has 0 aromatic heterocycles. The lowest BCUT2D eigenvalue weighted by molar-refractivity contribution is -0.141. The number of nitrogens with two attached hydrogens (primary N) is 1. The van der Waals surface area contributed by atoms with Crippen LogP contribution < -0.4 is 11.1 Å². The maximum absolute atomic E-state index is 12.1. The van der Waals surface area contributed by atoms with Gasteiger partial charge < -0.3 is 21.1 Å². The van der Waals surface area contributed by atoms with Crippen molar-refractivity contribution in [3.8, 4) is 0 Å². The molecule has 0 aliphatic carbocycles. The molecule has 92 valence electrons. The van der Waals surface area contributed by atoms with E-state index in [0.29, 0.717) is 0 Å². The summed E-state index contributed by atoms with van der Waals surface area (Å²) in [6.07, 6.45) is -0.449. The summed E-state index contributed by atoms with van der Waals surface area (Å²) in [6.45, 7) is 3.60. The largest absolute Gasteiger partial charge is 0.391 e. The molecule has 1 fully saturated rings. The van der Waals surface area contributed by atoms with Gasteiger partial charge in [0.2, 0.25) is 11.8 Å². The fraction of sp³-hybridized carbons (Fsp3) is 0.800. The number of hydrogen-bond donors (Lipinski definition) is 3. The summed E-state index contributed by atoms with van der Waals surface area (Å²) in [5.41, 5.74) is 4.44. The van der Waals surface area contributed by atoms with Crippen molar-refractivity contribution in [1.82, 2.24) is 10.2 Å². The predicted molar refractivity (Wildman–Crippen MR) is 58.5 cm³/mol. The van der Waals surface area contributed by atoms with Crippen molar-refractivity contribution in [2.24, 2.45) is 5.73 Å². The third-order valence-electron chi connectivity index (χ3n) is 3.03. The van der Waals surface area contributed by atoms with Crippen LogP contribution in [0.1, 0.15) is 20.3 Å². The van der Waals surface area contributed by atoms with Gasteiger partial charge >= 0.3 is 0 Å². The number of aliphatic hydroxyl groups is 1. The number of nitrogens with zero attached hydrogens (tertiary/aromatic N) is 1. The number of rotatable bonds is 3. The molecular weight excluding hydrogens is 210 g/mol. The normalized spacial score (nSPS) is 25.9. The molecule has 2 amide bonds. The van der Waals surface area contributed by atoms with Crippen LogP contribution in [0, 0.1) is 0 Å². The first kappa shape index (κ1) is 12.9. The van der Waals surface area contributed by atoms with E-state index in [0.717, 1.165) is 0 Å². The molecule has 1 heterocycles. The molecule has 0 aromatic rings. The summed E-state index contributed by atoms with van der Waals surface area (Å²) in [7, 11) is 1.67. The third kappa shape index (κ3) is 2.33. The SMILES string of the molecule is CNC(C)(C)C(=O)N1CC(O)CC1C(N)=O. The maximum Gasteiger partial charge on any atom is 0.243 e. The fourth-order valence-corrected chi connectivity index (χ4v) is 1.77. The molecule has 16 heavy (non-hydrogen) atoms. The number of hydrogen-bond acceptors (Lipinski definition) is 4. The van der Waals surface area contributed by atoms with Gasteiger partial charge in [0.15, 0.2) is 0 Å². The lowest BCUT2D eigenvalue weighted by Gasteiger charge is -2.31. The fourth-order valence-electron chi connectivity index (χ4n) is 1.77. The van der Waals surface area contributed by atoms with E-state index in [9.17, 15) is 14.7 Å². The Hall–Kier alpha value is -1.14. The average Bonchev–Trinajstić information content (AvgIpc) is 2.59. The molecule has 0 aromatic carbocycles. The molecule has 0 radical (unpaired) electrons. The Labute approximate surface area is 94.8 Å². The van der Waals surface area contributed by atoms with Crippen LogP contribution in [-0.2, 0) is 9.59 Å². The van der Waals surface area contributed by atoms with Gasteiger partial charge in [-0.15, -0.1) is 0 Å². The Morgan fingerprint density at radius 3 is 2.50 bits per heavy atom. The molecular formula is C10H19N3O3. The van der Waals surface area contributed by atoms with Gasteiger partial charge in [0.25, 0.3) is 0 Å². The first-order chi connectivity index (χ1) is 7.29. The van der Waals surface area contributed by atoms with Crippen molar-refractivity contribution in [1.29, 1.82) is 0 Å². The van der Waals surface area contributed by atoms with Gasteiger partial charge in [0.1, 0.15) is 6.04 Å². The lowest BCUT2D eigenvalue weighted by atomic mass is 10.0. The highest BCUT2D eigenvalue weighted by molar-refractivity contribution is 5.91. The Morgan fingerprint density at radius 1 is 1.50 bits per heavy atom. The Balaban J connectivity index is 2.86. The van der Waals surface area contributed by atoms with E-state index in [1.165, 1.54) is 4.90 Å². The zero-order chi connectivity index (χ0) is 12.5. The lowest BCUT2D eigenvalue weighted by Crippen LogP contribution is -2.56. The Bertz CT molecular complexity index is 304. The topological polar surface area (TPSA) is 95.7 Å². The maximum atomic E-state index is 12.1. The van der Waals surface area contributed by atoms with E-state index in [1.54, 1.807) is 20.9 Å². The highest BCUT2D eigenvalue weighted by Crippen LogP contribution is 2.21. The van der Waals surface area contributed by atoms with Gasteiger partial charge in [-0.05, 0) is 20.9 Å².